The van der Waals surface area contributed by atoms with Crippen LogP contribution < -0.4 is 4.72 Å². The lowest BCUT2D eigenvalue weighted by molar-refractivity contribution is 0.273. The summed E-state index contributed by atoms with van der Waals surface area (Å²) in [5, 5.41) is 15.5. The maximum absolute atomic E-state index is 12.2. The lowest BCUT2D eigenvalue weighted by atomic mass is 10.1. The molecule has 0 spiro atoms. The quantitative estimate of drug-likeness (QED) is 0.722. The third-order valence-corrected chi connectivity index (χ3v) is 5.82. The van der Waals surface area contributed by atoms with E-state index in [1.165, 1.54) is 0 Å². The van der Waals surface area contributed by atoms with Gasteiger partial charge in [0.2, 0.25) is 10.0 Å². The topological polar surface area (TPSA) is 95.1 Å². The highest BCUT2D eigenvalue weighted by Crippen LogP contribution is 2.23. The monoisotopic (exact) mass is 291 g/mol. The molecule has 1 saturated heterocycles. The van der Waals surface area contributed by atoms with Crippen molar-refractivity contribution in [2.24, 2.45) is 5.92 Å². The molecule has 8 heteroatoms. The number of hydrogen-bond acceptors (Lipinski definition) is 5. The van der Waals surface area contributed by atoms with E-state index in [2.05, 4.69) is 14.9 Å². The number of hydrogen-bond donors (Lipinski definition) is 3. The van der Waals surface area contributed by atoms with Gasteiger partial charge in [0.1, 0.15) is 10.6 Å². The van der Waals surface area contributed by atoms with E-state index in [0.717, 1.165) is 17.9 Å². The van der Waals surface area contributed by atoms with Crippen LogP contribution in [-0.2, 0) is 16.6 Å². The lowest BCUT2D eigenvalue weighted by Crippen LogP contribution is -2.30. The highest BCUT2D eigenvalue weighted by Gasteiger charge is 2.25. The van der Waals surface area contributed by atoms with Crippen LogP contribution in [0.2, 0.25) is 0 Å². The number of nitrogens with zero attached hydrogens (tertiary/aromatic N) is 1. The van der Waals surface area contributed by atoms with Crippen LogP contribution >= 0.6 is 11.8 Å². The van der Waals surface area contributed by atoms with E-state index in [-0.39, 0.29) is 17.2 Å². The molecule has 0 aromatic carbocycles. The van der Waals surface area contributed by atoms with Crippen molar-refractivity contribution in [3.63, 3.8) is 0 Å². The summed E-state index contributed by atoms with van der Waals surface area (Å²) in [6, 6.07) is 0. The predicted molar refractivity (Wildman–Crippen MR) is 69.9 cm³/mol. The molecule has 0 saturated carbocycles. The van der Waals surface area contributed by atoms with Crippen molar-refractivity contribution in [2.45, 2.75) is 24.8 Å². The molecule has 0 amide bonds. The number of thioether (sulfide) groups is 1. The Morgan fingerprint density at radius 3 is 3.00 bits per heavy atom. The Kier molecular flexibility index (Phi) is 4.31. The molecule has 6 nitrogen and oxygen atoms in total. The SMILES string of the molecule is Cc1[nH]nc(CO)c1S(=O)(=O)NCC1CCSC1. The van der Waals surface area contributed by atoms with Gasteiger partial charge in [-0.15, -0.1) is 0 Å². The number of sulfonamides is 1. The molecule has 0 aliphatic carbocycles. The molecule has 3 N–H and O–H groups in total. The van der Waals surface area contributed by atoms with Crippen molar-refractivity contribution in [3.8, 4) is 0 Å². The molecule has 0 radical (unpaired) electrons. The maximum atomic E-state index is 12.2. The van der Waals surface area contributed by atoms with E-state index in [0.29, 0.717) is 18.2 Å². The van der Waals surface area contributed by atoms with Gasteiger partial charge in [-0.25, -0.2) is 13.1 Å². The van der Waals surface area contributed by atoms with Gasteiger partial charge in [-0.2, -0.15) is 16.9 Å². The smallest absolute Gasteiger partial charge is 0.244 e. The van der Waals surface area contributed by atoms with E-state index in [1.807, 2.05) is 11.8 Å². The normalized spacial score (nSPS) is 20.4. The second-order valence-electron chi connectivity index (χ2n) is 4.36. The molecule has 1 aliphatic rings. The van der Waals surface area contributed by atoms with Crippen LogP contribution in [0.25, 0.3) is 0 Å². The van der Waals surface area contributed by atoms with Gasteiger partial charge < -0.3 is 5.11 Å². The number of aliphatic hydroxyl groups excluding tert-OH is 1. The van der Waals surface area contributed by atoms with Gasteiger partial charge in [0.25, 0.3) is 0 Å². The Morgan fingerprint density at radius 2 is 2.39 bits per heavy atom. The summed E-state index contributed by atoms with van der Waals surface area (Å²) in [7, 11) is -3.59. The zero-order chi connectivity index (χ0) is 13.2. The zero-order valence-corrected chi connectivity index (χ0v) is 11.8. The first kappa shape index (κ1) is 13.9. The molecular formula is C10H17N3O3S2. The van der Waals surface area contributed by atoms with Crippen LogP contribution in [0.3, 0.4) is 0 Å². The minimum Gasteiger partial charge on any atom is -0.390 e. The number of aryl methyl sites for hydroxylation is 1. The van der Waals surface area contributed by atoms with Gasteiger partial charge in [-0.05, 0) is 30.8 Å². The van der Waals surface area contributed by atoms with Gasteiger partial charge in [-0.3, -0.25) is 5.10 Å². The summed E-state index contributed by atoms with van der Waals surface area (Å²) in [6.45, 7) is 1.69. The molecule has 1 aromatic rings. The molecule has 1 fully saturated rings. The summed E-state index contributed by atoms with van der Waals surface area (Å²) < 4.78 is 26.9. The molecule has 2 rings (SSSR count). The lowest BCUT2D eigenvalue weighted by Gasteiger charge is -2.11. The molecular weight excluding hydrogens is 274 g/mol. The molecule has 1 atom stereocenters. The van der Waals surface area contributed by atoms with Crippen LogP contribution in [0.4, 0.5) is 0 Å². The fraction of sp³-hybridized carbons (Fsp3) is 0.700. The van der Waals surface area contributed by atoms with E-state index in [9.17, 15) is 8.42 Å². The van der Waals surface area contributed by atoms with Crippen LogP contribution in [-0.4, -0.2) is 41.8 Å². The Morgan fingerprint density at radius 1 is 1.61 bits per heavy atom. The fourth-order valence-corrected chi connectivity index (χ4v) is 4.73. The Bertz CT molecular complexity index is 506. The molecule has 18 heavy (non-hydrogen) atoms. The number of aromatic nitrogens is 2. The predicted octanol–water partition coefficient (Wildman–Crippen LogP) is 0.242. The summed E-state index contributed by atoms with van der Waals surface area (Å²) >= 11 is 1.85. The maximum Gasteiger partial charge on any atom is 0.244 e. The molecule has 1 unspecified atom stereocenters. The summed E-state index contributed by atoms with van der Waals surface area (Å²) in [4.78, 5) is 0.0793. The standard InChI is InChI=1S/C10H17N3O3S2/c1-7-10(9(5-14)13-12-7)18(15,16)11-4-8-2-3-17-6-8/h8,11,14H,2-6H2,1H3,(H,12,13). The first-order chi connectivity index (χ1) is 8.54. The van der Waals surface area contributed by atoms with Gasteiger partial charge >= 0.3 is 0 Å². The van der Waals surface area contributed by atoms with E-state index < -0.39 is 10.0 Å². The number of rotatable bonds is 5. The molecule has 1 aromatic heterocycles. The highest BCUT2D eigenvalue weighted by atomic mass is 32.2. The van der Waals surface area contributed by atoms with Gasteiger partial charge in [-0.1, -0.05) is 0 Å². The van der Waals surface area contributed by atoms with Crippen molar-refractivity contribution in [3.05, 3.63) is 11.4 Å². The van der Waals surface area contributed by atoms with Crippen molar-refractivity contribution >= 4 is 21.8 Å². The highest BCUT2D eigenvalue weighted by molar-refractivity contribution is 7.99. The van der Waals surface area contributed by atoms with Crippen LogP contribution in [0, 0.1) is 12.8 Å². The van der Waals surface area contributed by atoms with E-state index in [1.54, 1.807) is 6.92 Å². The second-order valence-corrected chi connectivity index (χ2v) is 7.22. The minimum atomic E-state index is -3.59. The summed E-state index contributed by atoms with van der Waals surface area (Å²) in [5.74, 6) is 2.49. The molecule has 1 aliphatic heterocycles. The molecule has 102 valence electrons. The summed E-state index contributed by atoms with van der Waals surface area (Å²) in [5.41, 5.74) is 0.619. The fourth-order valence-electron chi connectivity index (χ4n) is 1.98. The summed E-state index contributed by atoms with van der Waals surface area (Å²) in [6.07, 6.45) is 1.05. The Hall–Kier alpha value is -0.570. The van der Waals surface area contributed by atoms with Gasteiger partial charge in [0.15, 0.2) is 0 Å². The van der Waals surface area contributed by atoms with Crippen molar-refractivity contribution in [1.82, 2.24) is 14.9 Å². The minimum absolute atomic E-state index is 0.0793. The van der Waals surface area contributed by atoms with Crippen LogP contribution in [0.5, 0.6) is 0 Å². The number of nitrogens with one attached hydrogen (secondary N) is 2. The Balaban J connectivity index is 2.11. The van der Waals surface area contributed by atoms with E-state index >= 15 is 0 Å². The van der Waals surface area contributed by atoms with Crippen molar-refractivity contribution < 1.29 is 13.5 Å². The first-order valence-electron chi connectivity index (χ1n) is 5.76. The van der Waals surface area contributed by atoms with Gasteiger partial charge in [0.05, 0.1) is 12.3 Å². The molecule has 0 bridgehead atoms. The largest absolute Gasteiger partial charge is 0.390 e. The van der Waals surface area contributed by atoms with Crippen molar-refractivity contribution in [1.29, 1.82) is 0 Å². The Labute approximate surface area is 111 Å². The van der Waals surface area contributed by atoms with E-state index in [4.69, 9.17) is 5.11 Å². The van der Waals surface area contributed by atoms with Crippen LogP contribution in [0.15, 0.2) is 4.90 Å². The third-order valence-electron chi connectivity index (χ3n) is 2.97. The molecule has 2 heterocycles. The van der Waals surface area contributed by atoms with Gasteiger partial charge in [0, 0.05) is 6.54 Å². The first-order valence-corrected chi connectivity index (χ1v) is 8.40. The number of H-pyrrole nitrogens is 1. The van der Waals surface area contributed by atoms with Crippen LogP contribution in [0.1, 0.15) is 17.8 Å². The average molecular weight is 291 g/mol. The second kappa shape index (κ2) is 5.60. The average Bonchev–Trinajstić information content (AvgIpc) is 2.95. The zero-order valence-electron chi connectivity index (χ0n) is 10.1. The number of aliphatic hydroxyl groups is 1. The number of aromatic amines is 1. The third kappa shape index (κ3) is 2.87. The van der Waals surface area contributed by atoms with Crippen molar-refractivity contribution in [2.75, 3.05) is 18.1 Å².